The summed E-state index contributed by atoms with van der Waals surface area (Å²) < 4.78 is 5.04. The molecule has 0 radical (unpaired) electrons. The third kappa shape index (κ3) is 2.77. The molecule has 1 unspecified atom stereocenters. The van der Waals surface area contributed by atoms with Crippen LogP contribution in [0.3, 0.4) is 0 Å². The van der Waals surface area contributed by atoms with Crippen LogP contribution in [-0.4, -0.2) is 23.8 Å². The molecule has 1 aliphatic heterocycles. The van der Waals surface area contributed by atoms with Crippen LogP contribution in [0, 0.1) is 22.7 Å². The monoisotopic (exact) mass is 318 g/mol. The predicted octanol–water partition coefficient (Wildman–Crippen LogP) is 4.02. The van der Waals surface area contributed by atoms with E-state index in [2.05, 4.69) is 27.4 Å². The van der Waals surface area contributed by atoms with Gasteiger partial charge < -0.3 is 9.84 Å². The minimum absolute atomic E-state index is 0.164. The number of ether oxygens (including phenoxy) is 1. The van der Waals surface area contributed by atoms with Crippen molar-refractivity contribution in [3.63, 3.8) is 0 Å². The highest BCUT2D eigenvalue weighted by Crippen LogP contribution is 2.61. The Hall–Kier alpha value is -1.09. The van der Waals surface area contributed by atoms with Crippen molar-refractivity contribution in [1.29, 1.82) is 0 Å². The highest BCUT2D eigenvalue weighted by atomic mass is 16.5. The van der Waals surface area contributed by atoms with E-state index in [1.807, 2.05) is 6.08 Å². The van der Waals surface area contributed by atoms with Crippen LogP contribution in [0.15, 0.2) is 23.8 Å². The summed E-state index contributed by atoms with van der Waals surface area (Å²) in [5.41, 5.74) is 2.18. The van der Waals surface area contributed by atoms with Gasteiger partial charge in [-0.3, -0.25) is 0 Å². The maximum absolute atomic E-state index is 11.7. The van der Waals surface area contributed by atoms with Gasteiger partial charge in [-0.05, 0) is 53.9 Å². The van der Waals surface area contributed by atoms with E-state index in [1.165, 1.54) is 19.3 Å². The molecule has 3 heteroatoms. The number of carbonyl (C=O) groups excluding carboxylic acids is 1. The number of esters is 1. The number of fused-ring (bicyclic) bond motifs is 1. The summed E-state index contributed by atoms with van der Waals surface area (Å²) in [5.74, 6) is 0.581. The van der Waals surface area contributed by atoms with Crippen LogP contribution < -0.4 is 0 Å². The molecule has 3 rings (SSSR count). The Labute approximate surface area is 139 Å². The molecule has 0 amide bonds. The first-order chi connectivity index (χ1) is 10.8. The molecule has 1 saturated heterocycles. The highest BCUT2D eigenvalue weighted by Gasteiger charge is 2.54. The molecule has 0 aromatic heterocycles. The topological polar surface area (TPSA) is 46.5 Å². The fraction of sp³-hybridized carbons (Fsp3) is 0.750. The molecule has 2 aliphatic carbocycles. The Morgan fingerprint density at radius 3 is 2.74 bits per heavy atom. The molecule has 0 aromatic carbocycles. The summed E-state index contributed by atoms with van der Waals surface area (Å²) in [7, 11) is 0. The molecule has 3 fully saturated rings. The number of aliphatic hydroxyl groups excluding tert-OH is 1. The molecule has 0 aromatic rings. The standard InChI is InChI=1S/C20H30O3/c1-13-15(7-6-14-8-11-23-18(14)22)20(4)10-5-9-19(2,3)17(20)12-16(13)21/h6,15-17,21H,1,5,7-12H2,2-4H3/b14-6+/t15-,16-,17?,20+/m0/s1. The van der Waals surface area contributed by atoms with Gasteiger partial charge in [-0.25, -0.2) is 4.79 Å². The van der Waals surface area contributed by atoms with Gasteiger partial charge in [0, 0.05) is 12.0 Å². The third-order valence-corrected chi connectivity index (χ3v) is 6.87. The lowest BCUT2D eigenvalue weighted by Crippen LogP contribution is -2.52. The maximum atomic E-state index is 11.7. The van der Waals surface area contributed by atoms with Crippen molar-refractivity contribution in [3.8, 4) is 0 Å². The quantitative estimate of drug-likeness (QED) is 0.475. The Morgan fingerprint density at radius 1 is 1.35 bits per heavy atom. The summed E-state index contributed by atoms with van der Waals surface area (Å²) in [5, 5.41) is 10.6. The molecule has 0 spiro atoms. The van der Waals surface area contributed by atoms with Gasteiger partial charge in [0.25, 0.3) is 0 Å². The second-order valence-corrected chi connectivity index (χ2v) is 8.63. The summed E-state index contributed by atoms with van der Waals surface area (Å²) in [6, 6.07) is 0. The molecule has 128 valence electrons. The number of aliphatic hydroxyl groups is 1. The summed E-state index contributed by atoms with van der Waals surface area (Å²) >= 11 is 0. The van der Waals surface area contributed by atoms with Gasteiger partial charge in [0.1, 0.15) is 0 Å². The number of carbonyl (C=O) groups is 1. The van der Waals surface area contributed by atoms with Gasteiger partial charge >= 0.3 is 5.97 Å². The number of hydrogen-bond acceptors (Lipinski definition) is 3. The molecular formula is C20H30O3. The van der Waals surface area contributed by atoms with Crippen LogP contribution in [0.5, 0.6) is 0 Å². The van der Waals surface area contributed by atoms with E-state index in [0.29, 0.717) is 18.9 Å². The molecule has 1 heterocycles. The van der Waals surface area contributed by atoms with Crippen molar-refractivity contribution in [3.05, 3.63) is 23.8 Å². The molecule has 23 heavy (non-hydrogen) atoms. The SMILES string of the molecule is C=C1[C@@H](O)CC2C(C)(C)CCC[C@]2(C)[C@H]1C/C=C1\CCOC1=O. The van der Waals surface area contributed by atoms with E-state index in [0.717, 1.165) is 24.0 Å². The van der Waals surface area contributed by atoms with E-state index in [1.54, 1.807) is 0 Å². The normalized spacial score (nSPS) is 41.7. The lowest BCUT2D eigenvalue weighted by molar-refractivity contribution is -0.135. The first kappa shape index (κ1) is 16.8. The number of rotatable bonds is 2. The van der Waals surface area contributed by atoms with E-state index in [9.17, 15) is 9.90 Å². The Bertz CT molecular complexity index is 545. The first-order valence-corrected chi connectivity index (χ1v) is 8.98. The van der Waals surface area contributed by atoms with Gasteiger partial charge in [0.05, 0.1) is 12.7 Å². The zero-order valence-corrected chi connectivity index (χ0v) is 14.7. The number of cyclic esters (lactones) is 1. The Balaban J connectivity index is 1.89. The fourth-order valence-corrected chi connectivity index (χ4v) is 5.52. The molecule has 1 N–H and O–H groups in total. The zero-order valence-electron chi connectivity index (χ0n) is 14.7. The molecular weight excluding hydrogens is 288 g/mol. The Morgan fingerprint density at radius 2 is 2.09 bits per heavy atom. The molecule has 3 nitrogen and oxygen atoms in total. The molecule has 0 bridgehead atoms. The smallest absolute Gasteiger partial charge is 0.333 e. The van der Waals surface area contributed by atoms with Gasteiger partial charge in [-0.15, -0.1) is 0 Å². The van der Waals surface area contributed by atoms with E-state index in [4.69, 9.17) is 4.74 Å². The molecule has 2 saturated carbocycles. The molecule has 3 aliphatic rings. The lowest BCUT2D eigenvalue weighted by atomic mass is 9.46. The highest BCUT2D eigenvalue weighted by molar-refractivity contribution is 5.90. The van der Waals surface area contributed by atoms with Gasteiger partial charge in [-0.2, -0.15) is 0 Å². The second kappa shape index (κ2) is 5.77. The summed E-state index contributed by atoms with van der Waals surface area (Å²) in [6.45, 7) is 11.8. The van der Waals surface area contributed by atoms with Crippen LogP contribution in [0.25, 0.3) is 0 Å². The van der Waals surface area contributed by atoms with Crippen molar-refractivity contribution >= 4 is 5.97 Å². The van der Waals surface area contributed by atoms with Crippen LogP contribution >= 0.6 is 0 Å². The summed E-state index contributed by atoms with van der Waals surface area (Å²) in [6.07, 6.45) is 7.63. The van der Waals surface area contributed by atoms with Crippen LogP contribution in [0.1, 0.15) is 59.3 Å². The van der Waals surface area contributed by atoms with Crippen LogP contribution in [0.4, 0.5) is 0 Å². The zero-order chi connectivity index (χ0) is 16.8. The van der Waals surface area contributed by atoms with Crippen LogP contribution in [0.2, 0.25) is 0 Å². The van der Waals surface area contributed by atoms with Crippen molar-refractivity contribution in [2.75, 3.05) is 6.61 Å². The maximum Gasteiger partial charge on any atom is 0.333 e. The van der Waals surface area contributed by atoms with Gasteiger partial charge in [0.2, 0.25) is 0 Å². The predicted molar refractivity (Wildman–Crippen MR) is 90.8 cm³/mol. The van der Waals surface area contributed by atoms with Crippen molar-refractivity contribution < 1.29 is 14.6 Å². The fourth-order valence-electron chi connectivity index (χ4n) is 5.52. The van der Waals surface area contributed by atoms with Gasteiger partial charge in [0.15, 0.2) is 0 Å². The van der Waals surface area contributed by atoms with Crippen LogP contribution in [-0.2, 0) is 9.53 Å². The molecule has 4 atom stereocenters. The second-order valence-electron chi connectivity index (χ2n) is 8.63. The minimum atomic E-state index is -0.413. The number of allylic oxidation sites excluding steroid dienone is 1. The van der Waals surface area contributed by atoms with Crippen molar-refractivity contribution in [1.82, 2.24) is 0 Å². The average molecular weight is 318 g/mol. The van der Waals surface area contributed by atoms with Gasteiger partial charge in [-0.1, -0.05) is 39.8 Å². The minimum Gasteiger partial charge on any atom is -0.462 e. The average Bonchev–Trinajstić information content (AvgIpc) is 2.87. The lowest BCUT2D eigenvalue weighted by Gasteiger charge is -2.59. The van der Waals surface area contributed by atoms with Crippen molar-refractivity contribution in [2.45, 2.75) is 65.4 Å². The number of hydrogen-bond donors (Lipinski definition) is 1. The summed E-state index contributed by atoms with van der Waals surface area (Å²) in [4.78, 5) is 11.7. The van der Waals surface area contributed by atoms with E-state index < -0.39 is 6.10 Å². The largest absolute Gasteiger partial charge is 0.462 e. The third-order valence-electron chi connectivity index (χ3n) is 6.87. The first-order valence-electron chi connectivity index (χ1n) is 8.98. The van der Waals surface area contributed by atoms with E-state index >= 15 is 0 Å². The van der Waals surface area contributed by atoms with Crippen molar-refractivity contribution in [2.24, 2.45) is 22.7 Å². The Kier molecular flexibility index (Phi) is 4.20. The van der Waals surface area contributed by atoms with E-state index in [-0.39, 0.29) is 22.7 Å².